The molecule has 3 heteroatoms. The average Bonchev–Trinajstić information content (AvgIpc) is 2.55. The highest BCUT2D eigenvalue weighted by molar-refractivity contribution is 7.21. The van der Waals surface area contributed by atoms with E-state index in [-0.39, 0.29) is 0 Å². The Bertz CT molecular complexity index is 526. The van der Waals surface area contributed by atoms with E-state index in [1.807, 2.05) is 6.92 Å². The van der Waals surface area contributed by atoms with Gasteiger partial charge in [0.2, 0.25) is 0 Å². The second-order valence-electron chi connectivity index (χ2n) is 3.58. The summed E-state index contributed by atoms with van der Waals surface area (Å²) in [5, 5.41) is 1.04. The zero-order valence-corrected chi connectivity index (χ0v) is 9.77. The number of benzene rings is 1. The zero-order chi connectivity index (χ0) is 11.0. The van der Waals surface area contributed by atoms with E-state index in [0.717, 1.165) is 16.4 Å². The van der Waals surface area contributed by atoms with Gasteiger partial charge in [0, 0.05) is 10.1 Å². The van der Waals surface area contributed by atoms with E-state index in [4.69, 9.17) is 4.74 Å². The first-order valence-corrected chi connectivity index (χ1v) is 5.52. The Kier molecular flexibility index (Phi) is 2.49. The highest BCUT2D eigenvalue weighted by Crippen LogP contribution is 2.38. The average molecular weight is 220 g/mol. The number of carbonyl (C=O) groups is 1. The lowest BCUT2D eigenvalue weighted by molar-refractivity contribution is 0.112. The molecular weight excluding hydrogens is 208 g/mol. The van der Waals surface area contributed by atoms with Gasteiger partial charge in [-0.1, -0.05) is 11.6 Å². The predicted octanol–water partition coefficient (Wildman–Crippen LogP) is 3.34. The number of aryl methyl sites for hydroxylation is 2. The third-order valence-corrected chi connectivity index (χ3v) is 3.66. The van der Waals surface area contributed by atoms with Crippen molar-refractivity contribution in [2.75, 3.05) is 7.11 Å². The van der Waals surface area contributed by atoms with E-state index in [1.54, 1.807) is 7.11 Å². The van der Waals surface area contributed by atoms with Gasteiger partial charge in [-0.2, -0.15) is 0 Å². The molecule has 0 saturated carbocycles. The Morgan fingerprint density at radius 1 is 1.33 bits per heavy atom. The number of aldehydes is 1. The number of fused-ring (bicyclic) bond motifs is 1. The number of ether oxygens (including phenoxy) is 1. The molecule has 0 unspecified atom stereocenters. The fourth-order valence-electron chi connectivity index (χ4n) is 1.84. The van der Waals surface area contributed by atoms with Gasteiger partial charge in [0.05, 0.1) is 7.11 Å². The highest BCUT2D eigenvalue weighted by atomic mass is 32.1. The van der Waals surface area contributed by atoms with Crippen LogP contribution in [0.1, 0.15) is 20.8 Å². The molecule has 0 aliphatic carbocycles. The fraction of sp³-hybridized carbons (Fsp3) is 0.250. The van der Waals surface area contributed by atoms with Crippen LogP contribution in [0.3, 0.4) is 0 Å². The van der Waals surface area contributed by atoms with Gasteiger partial charge in [-0.25, -0.2) is 0 Å². The largest absolute Gasteiger partial charge is 0.494 e. The first kappa shape index (κ1) is 10.2. The smallest absolute Gasteiger partial charge is 0.163 e. The standard InChI is InChI=1S/C12H12O2S/c1-7-4-8(2)12-9(5-7)11(14-3)10(6-13)15-12/h4-6H,1-3H3. The third-order valence-electron chi connectivity index (χ3n) is 2.41. The monoisotopic (exact) mass is 220 g/mol. The number of rotatable bonds is 2. The molecule has 0 radical (unpaired) electrons. The maximum Gasteiger partial charge on any atom is 0.163 e. The lowest BCUT2D eigenvalue weighted by Crippen LogP contribution is -1.85. The summed E-state index contributed by atoms with van der Waals surface area (Å²) >= 11 is 1.49. The van der Waals surface area contributed by atoms with Crippen molar-refractivity contribution in [1.82, 2.24) is 0 Å². The summed E-state index contributed by atoms with van der Waals surface area (Å²) in [6, 6.07) is 4.18. The van der Waals surface area contributed by atoms with E-state index in [0.29, 0.717) is 10.6 Å². The molecule has 0 bridgehead atoms. The third kappa shape index (κ3) is 1.53. The lowest BCUT2D eigenvalue weighted by atomic mass is 10.1. The molecule has 0 amide bonds. The molecule has 1 heterocycles. The van der Waals surface area contributed by atoms with Crippen LogP contribution < -0.4 is 4.74 Å². The van der Waals surface area contributed by atoms with Crippen LogP contribution in [0, 0.1) is 13.8 Å². The summed E-state index contributed by atoms with van der Waals surface area (Å²) < 4.78 is 6.42. The number of thiophene rings is 1. The van der Waals surface area contributed by atoms with Crippen molar-refractivity contribution in [3.05, 3.63) is 28.1 Å². The van der Waals surface area contributed by atoms with E-state index in [2.05, 4.69) is 19.1 Å². The summed E-state index contributed by atoms with van der Waals surface area (Å²) in [6.07, 6.45) is 0.859. The molecule has 0 aliphatic rings. The van der Waals surface area contributed by atoms with Crippen molar-refractivity contribution in [3.8, 4) is 5.75 Å². The van der Waals surface area contributed by atoms with Crippen LogP contribution in [0.15, 0.2) is 12.1 Å². The van der Waals surface area contributed by atoms with Crippen LogP contribution in [0.2, 0.25) is 0 Å². The molecule has 2 aromatic rings. The Balaban J connectivity index is 2.88. The van der Waals surface area contributed by atoms with E-state index >= 15 is 0 Å². The minimum atomic E-state index is 0.668. The molecule has 0 atom stereocenters. The van der Waals surface area contributed by atoms with Crippen molar-refractivity contribution in [2.24, 2.45) is 0 Å². The van der Waals surface area contributed by atoms with E-state index in [1.165, 1.54) is 22.5 Å². The minimum Gasteiger partial charge on any atom is -0.494 e. The summed E-state index contributed by atoms with van der Waals surface area (Å²) in [5.41, 5.74) is 2.38. The Labute approximate surface area is 92.5 Å². The number of carbonyl (C=O) groups excluding carboxylic acids is 1. The molecule has 0 spiro atoms. The van der Waals surface area contributed by atoms with Crippen molar-refractivity contribution < 1.29 is 9.53 Å². The molecule has 0 aliphatic heterocycles. The molecule has 1 aromatic carbocycles. The topological polar surface area (TPSA) is 26.3 Å². The van der Waals surface area contributed by atoms with E-state index < -0.39 is 0 Å². The molecule has 1 aromatic heterocycles. The molecule has 2 nitrogen and oxygen atoms in total. The Morgan fingerprint density at radius 3 is 2.67 bits per heavy atom. The first-order valence-electron chi connectivity index (χ1n) is 4.70. The quantitative estimate of drug-likeness (QED) is 0.725. The molecule has 0 fully saturated rings. The van der Waals surface area contributed by atoms with Crippen LogP contribution in [-0.4, -0.2) is 13.4 Å². The summed E-state index contributed by atoms with van der Waals surface area (Å²) in [4.78, 5) is 11.6. The Morgan fingerprint density at radius 2 is 2.07 bits per heavy atom. The second-order valence-corrected chi connectivity index (χ2v) is 4.63. The molecule has 2 rings (SSSR count). The van der Waals surface area contributed by atoms with Crippen LogP contribution in [0.25, 0.3) is 10.1 Å². The van der Waals surface area contributed by atoms with Gasteiger partial charge in [0.1, 0.15) is 10.6 Å². The van der Waals surface area contributed by atoms with Gasteiger partial charge in [-0.15, -0.1) is 11.3 Å². The Hall–Kier alpha value is -1.35. The van der Waals surface area contributed by atoms with Gasteiger partial charge in [0.25, 0.3) is 0 Å². The molecule has 78 valence electrons. The van der Waals surface area contributed by atoms with Crippen LogP contribution in [0.5, 0.6) is 5.75 Å². The molecule has 15 heavy (non-hydrogen) atoms. The first-order chi connectivity index (χ1) is 7.17. The van der Waals surface area contributed by atoms with Gasteiger partial charge in [-0.3, -0.25) is 4.79 Å². The van der Waals surface area contributed by atoms with Crippen LogP contribution in [0.4, 0.5) is 0 Å². The second kappa shape index (κ2) is 3.66. The van der Waals surface area contributed by atoms with Gasteiger partial charge < -0.3 is 4.74 Å². The fourth-order valence-corrected chi connectivity index (χ4v) is 2.87. The lowest BCUT2D eigenvalue weighted by Gasteiger charge is -2.01. The molecule has 0 N–H and O–H groups in total. The van der Waals surface area contributed by atoms with Gasteiger partial charge >= 0.3 is 0 Å². The van der Waals surface area contributed by atoms with Crippen molar-refractivity contribution >= 4 is 27.7 Å². The van der Waals surface area contributed by atoms with Crippen molar-refractivity contribution in [2.45, 2.75) is 13.8 Å². The maximum atomic E-state index is 10.9. The summed E-state index contributed by atoms with van der Waals surface area (Å²) in [7, 11) is 1.60. The van der Waals surface area contributed by atoms with Crippen molar-refractivity contribution in [1.29, 1.82) is 0 Å². The highest BCUT2D eigenvalue weighted by Gasteiger charge is 2.13. The normalized spacial score (nSPS) is 10.6. The van der Waals surface area contributed by atoms with Gasteiger partial charge in [-0.05, 0) is 25.5 Å². The summed E-state index contributed by atoms with van der Waals surface area (Å²) in [6.45, 7) is 4.10. The SMILES string of the molecule is COc1c(C=O)sc2c(C)cc(C)cc12. The number of hydrogen-bond donors (Lipinski definition) is 0. The maximum absolute atomic E-state index is 10.9. The van der Waals surface area contributed by atoms with Crippen LogP contribution >= 0.6 is 11.3 Å². The predicted molar refractivity (Wildman–Crippen MR) is 63.2 cm³/mol. The molecular formula is C12H12O2S. The van der Waals surface area contributed by atoms with Gasteiger partial charge in [0.15, 0.2) is 6.29 Å². The zero-order valence-electron chi connectivity index (χ0n) is 8.96. The van der Waals surface area contributed by atoms with Crippen LogP contribution in [-0.2, 0) is 0 Å². The number of hydrogen-bond acceptors (Lipinski definition) is 3. The number of methoxy groups -OCH3 is 1. The minimum absolute atomic E-state index is 0.668. The van der Waals surface area contributed by atoms with E-state index in [9.17, 15) is 4.79 Å². The van der Waals surface area contributed by atoms with Crippen molar-refractivity contribution in [3.63, 3.8) is 0 Å². The summed E-state index contributed by atoms with van der Waals surface area (Å²) in [5.74, 6) is 0.705. The molecule has 0 saturated heterocycles.